The van der Waals surface area contributed by atoms with E-state index < -0.39 is 0 Å². The Hall–Kier alpha value is -2.01. The molecular weight excluding hydrogens is 346 g/mol. The third kappa shape index (κ3) is 3.60. The van der Waals surface area contributed by atoms with Crippen LogP contribution in [0.5, 0.6) is 0 Å². The predicted molar refractivity (Wildman–Crippen MR) is 88.6 cm³/mol. The van der Waals surface area contributed by atoms with E-state index in [1.54, 1.807) is 18.2 Å². The zero-order chi connectivity index (χ0) is 16.3. The van der Waals surface area contributed by atoms with Gasteiger partial charge in [0.15, 0.2) is 5.78 Å². The lowest BCUT2D eigenvalue weighted by Gasteiger charge is -2.21. The molecule has 0 saturated heterocycles. The lowest BCUT2D eigenvalue weighted by molar-refractivity contribution is -0.139. The van der Waals surface area contributed by atoms with Crippen molar-refractivity contribution in [3.63, 3.8) is 0 Å². The molecule has 2 rings (SSSR count). The first-order valence-electron chi connectivity index (χ1n) is 6.91. The summed E-state index contributed by atoms with van der Waals surface area (Å²) < 4.78 is 0.412. The van der Waals surface area contributed by atoms with Gasteiger partial charge < -0.3 is 0 Å². The van der Waals surface area contributed by atoms with Crippen LogP contribution < -0.4 is 0 Å². The molecule has 22 heavy (non-hydrogen) atoms. The minimum atomic E-state index is -0.361. The third-order valence-electron chi connectivity index (χ3n) is 3.45. The maximum Gasteiger partial charge on any atom is 0.267 e. The van der Waals surface area contributed by atoms with Crippen molar-refractivity contribution in [3.8, 4) is 0 Å². The van der Waals surface area contributed by atoms with Crippen LogP contribution in [-0.2, 0) is 9.59 Å². The van der Waals surface area contributed by atoms with Gasteiger partial charge in [-0.3, -0.25) is 19.3 Å². The molecule has 0 N–H and O–H groups in total. The van der Waals surface area contributed by atoms with E-state index in [2.05, 4.69) is 15.9 Å². The first kappa shape index (κ1) is 16.4. The van der Waals surface area contributed by atoms with Crippen LogP contribution in [0.25, 0.3) is 6.08 Å². The molecule has 0 aromatic heterocycles. The van der Waals surface area contributed by atoms with Gasteiger partial charge in [-0.2, -0.15) is 0 Å². The van der Waals surface area contributed by atoms with Crippen LogP contribution in [0.2, 0.25) is 0 Å². The Bertz CT molecular complexity index is 704. The smallest absolute Gasteiger partial charge is 0.267 e. The molecule has 0 fully saturated rings. The van der Waals surface area contributed by atoms with Crippen LogP contribution in [0.15, 0.2) is 34.8 Å². The first-order chi connectivity index (χ1) is 10.4. The molecule has 2 amide bonds. The van der Waals surface area contributed by atoms with Crippen LogP contribution in [0, 0.1) is 6.92 Å². The largest absolute Gasteiger partial charge is 0.295 e. The summed E-state index contributed by atoms with van der Waals surface area (Å²) in [5.41, 5.74) is 2.29. The molecule has 114 valence electrons. The van der Waals surface area contributed by atoms with Gasteiger partial charge in [0.2, 0.25) is 0 Å². The standard InChI is InChI=1S/C17H16BrNO3/c1-11-5-6-13(10-14(11)12(2)20)7-8-16(21)19-9-3-4-15(18)17(19)22/h4-8,10H,3,9H2,1-2H3/b8-7+. The number of imide groups is 1. The number of Topliss-reactive ketones (excluding diaryl/α,β-unsaturated/α-hetero) is 1. The molecule has 1 aromatic rings. The number of amides is 2. The molecular formula is C17H16BrNO3. The van der Waals surface area contributed by atoms with Gasteiger partial charge in [0.1, 0.15) is 0 Å². The fourth-order valence-corrected chi connectivity index (χ4v) is 2.67. The number of benzene rings is 1. The first-order valence-corrected chi connectivity index (χ1v) is 7.70. The molecule has 1 aliphatic heterocycles. The van der Waals surface area contributed by atoms with Crippen molar-refractivity contribution in [2.24, 2.45) is 0 Å². The van der Waals surface area contributed by atoms with Crippen LogP contribution in [0.4, 0.5) is 0 Å². The summed E-state index contributed by atoms with van der Waals surface area (Å²) in [6.07, 6.45) is 5.38. The molecule has 0 unspecified atom stereocenters. The summed E-state index contributed by atoms with van der Waals surface area (Å²) in [5, 5.41) is 0. The van der Waals surface area contributed by atoms with Crippen LogP contribution >= 0.6 is 15.9 Å². The Kier molecular flexibility index (Phi) is 5.08. The average molecular weight is 362 g/mol. The second-order valence-electron chi connectivity index (χ2n) is 5.10. The maximum atomic E-state index is 12.1. The predicted octanol–water partition coefficient (Wildman–Crippen LogP) is 3.25. The quantitative estimate of drug-likeness (QED) is 0.613. The summed E-state index contributed by atoms with van der Waals surface area (Å²) in [5.74, 6) is -0.700. The highest BCUT2D eigenvalue weighted by molar-refractivity contribution is 9.12. The second-order valence-corrected chi connectivity index (χ2v) is 5.95. The van der Waals surface area contributed by atoms with E-state index in [4.69, 9.17) is 0 Å². The lowest BCUT2D eigenvalue weighted by atomic mass is 10.0. The van der Waals surface area contributed by atoms with Crippen molar-refractivity contribution >= 4 is 39.6 Å². The summed E-state index contributed by atoms with van der Waals surface area (Å²) in [6, 6.07) is 5.42. The summed E-state index contributed by atoms with van der Waals surface area (Å²) in [7, 11) is 0. The van der Waals surface area contributed by atoms with Crippen LogP contribution in [0.3, 0.4) is 0 Å². The van der Waals surface area contributed by atoms with Gasteiger partial charge in [-0.05, 0) is 59.5 Å². The fourth-order valence-electron chi connectivity index (χ4n) is 2.23. The molecule has 4 nitrogen and oxygen atoms in total. The highest BCUT2D eigenvalue weighted by Gasteiger charge is 2.24. The number of ketones is 1. The summed E-state index contributed by atoms with van der Waals surface area (Å²) >= 11 is 3.15. The van der Waals surface area contributed by atoms with Gasteiger partial charge in [-0.1, -0.05) is 18.2 Å². The van der Waals surface area contributed by atoms with Crippen LogP contribution in [-0.4, -0.2) is 29.0 Å². The number of hydrogen-bond donors (Lipinski definition) is 0. The van der Waals surface area contributed by atoms with E-state index in [1.807, 2.05) is 19.1 Å². The number of hydrogen-bond acceptors (Lipinski definition) is 3. The number of halogens is 1. The van der Waals surface area contributed by atoms with E-state index in [0.717, 1.165) is 11.1 Å². The molecule has 0 atom stereocenters. The number of carbonyl (C=O) groups excluding carboxylic acids is 3. The fraction of sp³-hybridized carbons (Fsp3) is 0.235. The van der Waals surface area contributed by atoms with Gasteiger partial charge in [0.25, 0.3) is 11.8 Å². The summed E-state index contributed by atoms with van der Waals surface area (Å²) in [4.78, 5) is 36.7. The molecule has 0 aliphatic carbocycles. The minimum Gasteiger partial charge on any atom is -0.295 e. The maximum absolute atomic E-state index is 12.1. The SMILES string of the molecule is CC(=O)c1cc(/C=C/C(=O)N2CCC=C(Br)C2=O)ccc1C. The molecule has 0 spiro atoms. The zero-order valence-electron chi connectivity index (χ0n) is 12.4. The monoisotopic (exact) mass is 361 g/mol. The topological polar surface area (TPSA) is 54.5 Å². The van der Waals surface area contributed by atoms with Crippen LogP contribution in [0.1, 0.15) is 34.8 Å². The Balaban J connectivity index is 2.17. The van der Waals surface area contributed by atoms with Crippen molar-refractivity contribution in [2.75, 3.05) is 6.54 Å². The Morgan fingerprint density at radius 1 is 1.32 bits per heavy atom. The van der Waals surface area contributed by atoms with Crippen molar-refractivity contribution in [1.82, 2.24) is 4.90 Å². The average Bonchev–Trinajstić information content (AvgIpc) is 2.48. The van der Waals surface area contributed by atoms with Crippen molar-refractivity contribution in [1.29, 1.82) is 0 Å². The molecule has 1 heterocycles. The normalized spacial score (nSPS) is 15.1. The van der Waals surface area contributed by atoms with Gasteiger partial charge in [0.05, 0.1) is 4.48 Å². The van der Waals surface area contributed by atoms with E-state index >= 15 is 0 Å². The minimum absolute atomic E-state index is 0.0145. The van der Waals surface area contributed by atoms with E-state index in [9.17, 15) is 14.4 Å². The molecule has 1 aromatic carbocycles. The van der Waals surface area contributed by atoms with Gasteiger partial charge in [-0.25, -0.2) is 0 Å². The second kappa shape index (κ2) is 6.83. The number of aryl methyl sites for hydroxylation is 1. The van der Waals surface area contributed by atoms with Crippen molar-refractivity contribution in [2.45, 2.75) is 20.3 Å². The van der Waals surface area contributed by atoms with Gasteiger partial charge in [0, 0.05) is 18.2 Å². The molecule has 0 saturated carbocycles. The van der Waals surface area contributed by atoms with E-state index in [-0.39, 0.29) is 17.6 Å². The Morgan fingerprint density at radius 3 is 2.73 bits per heavy atom. The Labute approximate surface area is 137 Å². The number of rotatable bonds is 3. The lowest BCUT2D eigenvalue weighted by Crippen LogP contribution is -2.38. The number of nitrogens with zero attached hydrogens (tertiary/aromatic N) is 1. The van der Waals surface area contributed by atoms with Crippen molar-refractivity contribution < 1.29 is 14.4 Å². The highest BCUT2D eigenvalue weighted by Crippen LogP contribution is 2.18. The zero-order valence-corrected chi connectivity index (χ0v) is 14.0. The van der Waals surface area contributed by atoms with E-state index in [0.29, 0.717) is 23.0 Å². The van der Waals surface area contributed by atoms with Gasteiger partial charge in [-0.15, -0.1) is 0 Å². The van der Waals surface area contributed by atoms with Crippen molar-refractivity contribution in [3.05, 3.63) is 51.5 Å². The Morgan fingerprint density at radius 2 is 2.05 bits per heavy atom. The molecule has 0 radical (unpaired) electrons. The molecule has 5 heteroatoms. The highest BCUT2D eigenvalue weighted by atomic mass is 79.9. The molecule has 0 bridgehead atoms. The number of carbonyl (C=O) groups is 3. The molecule has 1 aliphatic rings. The van der Waals surface area contributed by atoms with Gasteiger partial charge >= 0.3 is 0 Å². The van der Waals surface area contributed by atoms with E-state index in [1.165, 1.54) is 17.9 Å². The summed E-state index contributed by atoms with van der Waals surface area (Å²) in [6.45, 7) is 3.76. The third-order valence-corrected chi connectivity index (χ3v) is 4.11.